The number of thioether (sulfide) groups is 1. The molecule has 0 radical (unpaired) electrons. The molecule has 1 aromatic heterocycles. The smallest absolute Gasteiger partial charge is 0.202 e. The highest BCUT2D eigenvalue weighted by Crippen LogP contribution is 2.21. The van der Waals surface area contributed by atoms with E-state index in [0.717, 1.165) is 32.1 Å². The maximum Gasteiger partial charge on any atom is 0.202 e. The zero-order valence-electron chi connectivity index (χ0n) is 11.2. The van der Waals surface area contributed by atoms with Gasteiger partial charge < -0.3 is 14.6 Å². The first kappa shape index (κ1) is 14.4. The minimum absolute atomic E-state index is 0.226. The molecule has 1 rings (SSSR count). The van der Waals surface area contributed by atoms with Crippen LogP contribution in [-0.4, -0.2) is 40.8 Å². The van der Waals surface area contributed by atoms with Crippen molar-refractivity contribution in [2.75, 3.05) is 31.8 Å². The molecule has 4 nitrogen and oxygen atoms in total. The molecular weight excluding hydrogens is 234 g/mol. The van der Waals surface area contributed by atoms with Gasteiger partial charge in [-0.15, -0.1) is 0 Å². The molecule has 98 valence electrons. The lowest BCUT2D eigenvalue weighted by molar-refractivity contribution is 0.190. The van der Waals surface area contributed by atoms with Gasteiger partial charge in [0.1, 0.15) is 0 Å². The van der Waals surface area contributed by atoms with Crippen LogP contribution in [0.4, 0.5) is 5.95 Å². The molecule has 0 atom stereocenters. The molecule has 0 bridgehead atoms. The van der Waals surface area contributed by atoms with Crippen LogP contribution in [0.15, 0.2) is 12.4 Å². The van der Waals surface area contributed by atoms with Crippen molar-refractivity contribution in [1.29, 1.82) is 0 Å². The second-order valence-corrected chi connectivity index (χ2v) is 6.12. The number of rotatable bonds is 8. The van der Waals surface area contributed by atoms with Crippen molar-refractivity contribution in [2.45, 2.75) is 31.6 Å². The van der Waals surface area contributed by atoms with Crippen molar-refractivity contribution >= 4 is 17.7 Å². The van der Waals surface area contributed by atoms with E-state index >= 15 is 0 Å². The number of ether oxygens (including phenoxy) is 1. The molecule has 0 unspecified atom stereocenters. The second kappa shape index (κ2) is 6.91. The van der Waals surface area contributed by atoms with E-state index in [1.807, 2.05) is 24.2 Å². The first-order valence-corrected chi connectivity index (χ1v) is 7.10. The van der Waals surface area contributed by atoms with E-state index in [9.17, 15) is 0 Å². The Kier molecular flexibility index (Phi) is 5.85. The van der Waals surface area contributed by atoms with Crippen molar-refractivity contribution in [3.8, 4) is 0 Å². The first-order chi connectivity index (χ1) is 8.09. The van der Waals surface area contributed by atoms with Gasteiger partial charge in [0, 0.05) is 43.9 Å². The highest BCUT2D eigenvalue weighted by Gasteiger charge is 2.16. The van der Waals surface area contributed by atoms with Crippen LogP contribution in [0, 0.1) is 0 Å². The van der Waals surface area contributed by atoms with Crippen LogP contribution in [0.2, 0.25) is 0 Å². The third-order valence-corrected chi connectivity index (χ3v) is 3.94. The van der Waals surface area contributed by atoms with Crippen molar-refractivity contribution in [3.63, 3.8) is 0 Å². The molecule has 0 aliphatic heterocycles. The molecule has 1 heterocycles. The fourth-order valence-corrected chi connectivity index (χ4v) is 1.62. The summed E-state index contributed by atoms with van der Waals surface area (Å²) in [4.78, 5) is 4.33. The molecule has 0 spiro atoms. The predicted octanol–water partition coefficient (Wildman–Crippen LogP) is 2.47. The molecule has 0 amide bonds. The van der Waals surface area contributed by atoms with Crippen molar-refractivity contribution in [3.05, 3.63) is 12.4 Å². The Hall–Kier alpha value is -0.680. The maximum atomic E-state index is 5.05. The van der Waals surface area contributed by atoms with Gasteiger partial charge in [0.2, 0.25) is 5.95 Å². The summed E-state index contributed by atoms with van der Waals surface area (Å²) in [6, 6.07) is 0. The summed E-state index contributed by atoms with van der Waals surface area (Å²) in [5.74, 6) is 0.947. The summed E-state index contributed by atoms with van der Waals surface area (Å²) in [5, 5.41) is 3.40. The van der Waals surface area contributed by atoms with Crippen LogP contribution >= 0.6 is 11.8 Å². The van der Waals surface area contributed by atoms with E-state index in [1.165, 1.54) is 0 Å². The van der Waals surface area contributed by atoms with Crippen LogP contribution in [-0.2, 0) is 11.3 Å². The topological polar surface area (TPSA) is 39.1 Å². The third kappa shape index (κ3) is 5.00. The lowest BCUT2D eigenvalue weighted by Crippen LogP contribution is -2.27. The van der Waals surface area contributed by atoms with E-state index < -0.39 is 0 Å². The number of nitrogens with one attached hydrogen (secondary N) is 1. The minimum atomic E-state index is 0.226. The van der Waals surface area contributed by atoms with Crippen LogP contribution in [0.3, 0.4) is 0 Å². The molecule has 0 aliphatic carbocycles. The SMILES string of the molecule is COCCCn1ccnc1NCC(C)(C)SC. The normalized spacial score (nSPS) is 11.8. The van der Waals surface area contributed by atoms with Gasteiger partial charge in [-0.1, -0.05) is 0 Å². The summed E-state index contributed by atoms with van der Waals surface area (Å²) < 4.78 is 7.41. The lowest BCUT2D eigenvalue weighted by Gasteiger charge is -2.22. The largest absolute Gasteiger partial charge is 0.385 e. The molecule has 0 aliphatic rings. The van der Waals surface area contributed by atoms with Crippen LogP contribution in [0.25, 0.3) is 0 Å². The molecule has 0 saturated heterocycles. The number of hydrogen-bond donors (Lipinski definition) is 1. The number of aryl methyl sites for hydroxylation is 1. The molecular formula is C12H23N3OS. The van der Waals surface area contributed by atoms with Gasteiger partial charge in [-0.05, 0) is 26.5 Å². The van der Waals surface area contributed by atoms with E-state index in [2.05, 4.69) is 35.0 Å². The summed E-state index contributed by atoms with van der Waals surface area (Å²) in [6.45, 7) is 7.09. The molecule has 0 aromatic carbocycles. The maximum absolute atomic E-state index is 5.05. The number of hydrogen-bond acceptors (Lipinski definition) is 4. The lowest BCUT2D eigenvalue weighted by atomic mass is 10.2. The van der Waals surface area contributed by atoms with Gasteiger partial charge in [-0.3, -0.25) is 0 Å². The van der Waals surface area contributed by atoms with E-state index in [0.29, 0.717) is 0 Å². The van der Waals surface area contributed by atoms with Gasteiger partial charge in [-0.25, -0.2) is 4.98 Å². The van der Waals surface area contributed by atoms with E-state index in [1.54, 1.807) is 7.11 Å². The monoisotopic (exact) mass is 257 g/mol. The highest BCUT2D eigenvalue weighted by atomic mass is 32.2. The number of methoxy groups -OCH3 is 1. The fraction of sp³-hybridized carbons (Fsp3) is 0.750. The molecule has 0 fully saturated rings. The highest BCUT2D eigenvalue weighted by molar-refractivity contribution is 7.99. The summed E-state index contributed by atoms with van der Waals surface area (Å²) in [7, 11) is 1.73. The average molecular weight is 257 g/mol. The molecule has 0 saturated carbocycles. The standard InChI is InChI=1S/C12H23N3OS/c1-12(2,17-4)10-14-11-13-6-8-15(11)7-5-9-16-3/h6,8H,5,7,9-10H2,1-4H3,(H,13,14). The summed E-state index contributed by atoms with van der Waals surface area (Å²) in [6.07, 6.45) is 6.98. The van der Waals surface area contributed by atoms with Crippen LogP contribution < -0.4 is 5.32 Å². The van der Waals surface area contributed by atoms with Crippen LogP contribution in [0.5, 0.6) is 0 Å². The molecule has 1 N–H and O–H groups in total. The van der Waals surface area contributed by atoms with Gasteiger partial charge in [0.15, 0.2) is 0 Å². The number of imidazole rings is 1. The van der Waals surface area contributed by atoms with Crippen molar-refractivity contribution in [2.24, 2.45) is 0 Å². The third-order valence-electron chi connectivity index (χ3n) is 2.69. The van der Waals surface area contributed by atoms with E-state index in [-0.39, 0.29) is 4.75 Å². The molecule has 17 heavy (non-hydrogen) atoms. The Morgan fingerprint density at radius 1 is 1.53 bits per heavy atom. The first-order valence-electron chi connectivity index (χ1n) is 5.88. The summed E-state index contributed by atoms with van der Waals surface area (Å²) >= 11 is 1.86. The van der Waals surface area contributed by atoms with Gasteiger partial charge in [0.05, 0.1) is 0 Å². The summed E-state index contributed by atoms with van der Waals surface area (Å²) in [5.41, 5.74) is 0. The average Bonchev–Trinajstić information content (AvgIpc) is 2.75. The Balaban J connectivity index is 2.45. The van der Waals surface area contributed by atoms with Gasteiger partial charge in [-0.2, -0.15) is 11.8 Å². The minimum Gasteiger partial charge on any atom is -0.385 e. The quantitative estimate of drug-likeness (QED) is 0.726. The zero-order valence-corrected chi connectivity index (χ0v) is 12.0. The Labute approximate surface area is 108 Å². The van der Waals surface area contributed by atoms with E-state index in [4.69, 9.17) is 4.74 Å². The van der Waals surface area contributed by atoms with Gasteiger partial charge >= 0.3 is 0 Å². The molecule has 5 heteroatoms. The second-order valence-electron chi connectivity index (χ2n) is 4.61. The molecule has 1 aromatic rings. The number of nitrogens with zero attached hydrogens (tertiary/aromatic N) is 2. The Morgan fingerprint density at radius 2 is 2.29 bits per heavy atom. The van der Waals surface area contributed by atoms with Gasteiger partial charge in [0.25, 0.3) is 0 Å². The van der Waals surface area contributed by atoms with Crippen molar-refractivity contribution in [1.82, 2.24) is 9.55 Å². The Bertz CT molecular complexity index is 325. The number of aromatic nitrogens is 2. The zero-order chi connectivity index (χ0) is 12.7. The predicted molar refractivity (Wildman–Crippen MR) is 74.8 cm³/mol. The fourth-order valence-electron chi connectivity index (χ4n) is 1.40. The van der Waals surface area contributed by atoms with Crippen LogP contribution in [0.1, 0.15) is 20.3 Å². The van der Waals surface area contributed by atoms with Crippen molar-refractivity contribution < 1.29 is 4.74 Å². The Morgan fingerprint density at radius 3 is 2.94 bits per heavy atom. The number of anilines is 1.